The van der Waals surface area contributed by atoms with E-state index < -0.39 is 16.2 Å². The molecule has 1 aliphatic carbocycles. The van der Waals surface area contributed by atoms with E-state index in [2.05, 4.69) is 5.32 Å². The standard InChI is InChI=1S/C9H16N2O2S2/c1-15(13)6-2-5-11-8(12)9(3-4-9)7(10)14/h2-6H2,1H3,(H2,10,14)(H,11,12). The van der Waals surface area contributed by atoms with Crippen molar-refractivity contribution in [1.29, 1.82) is 0 Å². The predicted molar refractivity (Wildman–Crippen MR) is 65.0 cm³/mol. The molecule has 1 atom stereocenters. The maximum absolute atomic E-state index is 11.7. The third-order valence-corrected chi connectivity index (χ3v) is 3.80. The van der Waals surface area contributed by atoms with Gasteiger partial charge in [0.15, 0.2) is 0 Å². The van der Waals surface area contributed by atoms with E-state index in [0.717, 1.165) is 19.3 Å². The highest BCUT2D eigenvalue weighted by atomic mass is 32.2. The van der Waals surface area contributed by atoms with Crippen LogP contribution in [-0.4, -0.2) is 33.7 Å². The summed E-state index contributed by atoms with van der Waals surface area (Å²) >= 11 is 4.86. The third kappa shape index (κ3) is 3.24. The molecule has 0 aromatic heterocycles. The van der Waals surface area contributed by atoms with Gasteiger partial charge in [0.25, 0.3) is 0 Å². The van der Waals surface area contributed by atoms with Gasteiger partial charge < -0.3 is 11.1 Å². The molecule has 0 aromatic carbocycles. The van der Waals surface area contributed by atoms with Crippen molar-refractivity contribution in [3.8, 4) is 0 Å². The predicted octanol–water partition coefficient (Wildman–Crippen LogP) is -0.0625. The van der Waals surface area contributed by atoms with E-state index in [4.69, 9.17) is 18.0 Å². The first-order valence-corrected chi connectivity index (χ1v) is 7.01. The highest BCUT2D eigenvalue weighted by Gasteiger charge is 2.52. The topological polar surface area (TPSA) is 72.2 Å². The summed E-state index contributed by atoms with van der Waals surface area (Å²) in [6.07, 6.45) is 3.89. The number of amides is 1. The summed E-state index contributed by atoms with van der Waals surface area (Å²) in [5.74, 6) is 0.539. The zero-order valence-electron chi connectivity index (χ0n) is 8.75. The van der Waals surface area contributed by atoms with Gasteiger partial charge in [-0.2, -0.15) is 0 Å². The average Bonchev–Trinajstić information content (AvgIpc) is 2.92. The number of carbonyl (C=O) groups is 1. The largest absolute Gasteiger partial charge is 0.392 e. The lowest BCUT2D eigenvalue weighted by Crippen LogP contribution is -2.40. The first-order valence-electron chi connectivity index (χ1n) is 4.87. The summed E-state index contributed by atoms with van der Waals surface area (Å²) in [5, 5.41) is 2.78. The van der Waals surface area contributed by atoms with Crippen LogP contribution < -0.4 is 11.1 Å². The van der Waals surface area contributed by atoms with Gasteiger partial charge in [-0.15, -0.1) is 0 Å². The van der Waals surface area contributed by atoms with Gasteiger partial charge in [-0.3, -0.25) is 9.00 Å². The molecule has 1 aliphatic rings. The molecule has 1 amide bonds. The molecule has 15 heavy (non-hydrogen) atoms. The van der Waals surface area contributed by atoms with E-state index in [-0.39, 0.29) is 5.91 Å². The van der Waals surface area contributed by atoms with Gasteiger partial charge in [-0.1, -0.05) is 12.2 Å². The van der Waals surface area contributed by atoms with Crippen LogP contribution in [0, 0.1) is 5.41 Å². The van der Waals surface area contributed by atoms with Gasteiger partial charge in [0.2, 0.25) is 5.91 Å². The number of nitrogens with two attached hydrogens (primary N) is 1. The van der Waals surface area contributed by atoms with Gasteiger partial charge >= 0.3 is 0 Å². The lowest BCUT2D eigenvalue weighted by molar-refractivity contribution is -0.123. The Labute approximate surface area is 97.4 Å². The first kappa shape index (κ1) is 12.6. The molecule has 6 heteroatoms. The molecule has 3 N–H and O–H groups in total. The number of thiocarbonyl (C=S) groups is 1. The first-order chi connectivity index (χ1) is 6.99. The molecule has 0 heterocycles. The molecule has 0 bridgehead atoms. The van der Waals surface area contributed by atoms with Crippen LogP contribution in [-0.2, 0) is 15.6 Å². The summed E-state index contributed by atoms with van der Waals surface area (Å²) < 4.78 is 10.8. The van der Waals surface area contributed by atoms with Crippen molar-refractivity contribution in [1.82, 2.24) is 5.32 Å². The van der Waals surface area contributed by atoms with Gasteiger partial charge in [0.05, 0.1) is 10.4 Å². The van der Waals surface area contributed by atoms with Gasteiger partial charge in [-0.05, 0) is 19.3 Å². The number of rotatable bonds is 6. The number of hydrogen-bond donors (Lipinski definition) is 2. The summed E-state index contributed by atoms with van der Waals surface area (Å²) in [6, 6.07) is 0. The Morgan fingerprint density at radius 3 is 2.60 bits per heavy atom. The van der Waals surface area contributed by atoms with Gasteiger partial charge in [0.1, 0.15) is 0 Å². The van der Waals surface area contributed by atoms with Crippen molar-refractivity contribution in [2.45, 2.75) is 19.3 Å². The van der Waals surface area contributed by atoms with E-state index in [9.17, 15) is 9.00 Å². The Balaban J connectivity index is 2.25. The molecule has 1 fully saturated rings. The fourth-order valence-electron chi connectivity index (χ4n) is 1.36. The van der Waals surface area contributed by atoms with Crippen LogP contribution in [0.2, 0.25) is 0 Å². The summed E-state index contributed by atoms with van der Waals surface area (Å²) in [5.41, 5.74) is 4.94. The molecule has 0 saturated heterocycles. The van der Waals surface area contributed by atoms with E-state index in [1.807, 2.05) is 0 Å². The molecular formula is C9H16N2O2S2. The van der Waals surface area contributed by atoms with Crippen LogP contribution in [0.4, 0.5) is 0 Å². The minimum atomic E-state index is -0.796. The summed E-state index contributed by atoms with van der Waals surface area (Å²) in [6.45, 7) is 0.544. The Kier molecular flexibility index (Phi) is 4.21. The minimum absolute atomic E-state index is 0.0723. The van der Waals surface area contributed by atoms with Crippen LogP contribution >= 0.6 is 12.2 Å². The Hall–Kier alpha value is -0.490. The smallest absolute Gasteiger partial charge is 0.233 e. The van der Waals surface area contributed by atoms with Crippen molar-refractivity contribution in [2.75, 3.05) is 18.6 Å². The zero-order chi connectivity index (χ0) is 11.5. The summed E-state index contributed by atoms with van der Waals surface area (Å²) in [4.78, 5) is 11.9. The highest BCUT2D eigenvalue weighted by molar-refractivity contribution is 7.84. The maximum atomic E-state index is 11.7. The molecule has 0 radical (unpaired) electrons. The molecule has 4 nitrogen and oxygen atoms in total. The molecule has 86 valence electrons. The zero-order valence-corrected chi connectivity index (χ0v) is 10.4. The third-order valence-electron chi connectivity index (χ3n) is 2.55. The van der Waals surface area contributed by atoms with Crippen LogP contribution in [0.25, 0.3) is 0 Å². The normalized spacial score (nSPS) is 19.3. The second-order valence-electron chi connectivity index (χ2n) is 3.83. The summed E-state index contributed by atoms with van der Waals surface area (Å²) in [7, 11) is -0.796. The Bertz CT molecular complexity index is 300. The molecule has 0 aliphatic heterocycles. The number of hydrogen-bond acceptors (Lipinski definition) is 3. The lowest BCUT2D eigenvalue weighted by Gasteiger charge is -2.13. The lowest BCUT2D eigenvalue weighted by atomic mass is 10.1. The van der Waals surface area contributed by atoms with Crippen molar-refractivity contribution >= 4 is 33.9 Å². The average molecular weight is 248 g/mol. The van der Waals surface area contributed by atoms with Crippen molar-refractivity contribution in [3.63, 3.8) is 0 Å². The number of carbonyl (C=O) groups excluding carboxylic acids is 1. The number of nitrogens with one attached hydrogen (secondary N) is 1. The van der Waals surface area contributed by atoms with Crippen LogP contribution in [0.1, 0.15) is 19.3 Å². The molecule has 1 rings (SSSR count). The van der Waals surface area contributed by atoms with Crippen LogP contribution in [0.15, 0.2) is 0 Å². The van der Waals surface area contributed by atoms with Crippen molar-refractivity contribution in [2.24, 2.45) is 11.1 Å². The fraction of sp³-hybridized carbons (Fsp3) is 0.778. The van der Waals surface area contributed by atoms with Gasteiger partial charge in [-0.25, -0.2) is 0 Å². The molecule has 0 aromatic rings. The Morgan fingerprint density at radius 2 is 2.20 bits per heavy atom. The highest BCUT2D eigenvalue weighted by Crippen LogP contribution is 2.46. The SMILES string of the molecule is CS(=O)CCCNC(=O)C1(C(N)=S)CC1. The van der Waals surface area contributed by atoms with Gasteiger partial charge in [0, 0.05) is 29.4 Å². The molecule has 1 saturated carbocycles. The van der Waals surface area contributed by atoms with E-state index >= 15 is 0 Å². The second kappa shape index (κ2) is 5.03. The van der Waals surface area contributed by atoms with Crippen molar-refractivity contribution in [3.05, 3.63) is 0 Å². The van der Waals surface area contributed by atoms with Crippen LogP contribution in [0.3, 0.4) is 0 Å². The second-order valence-corrected chi connectivity index (χ2v) is 5.83. The monoisotopic (exact) mass is 248 g/mol. The molecule has 0 spiro atoms. The van der Waals surface area contributed by atoms with Crippen LogP contribution in [0.5, 0.6) is 0 Å². The minimum Gasteiger partial charge on any atom is -0.392 e. The quantitative estimate of drug-likeness (QED) is 0.510. The fourth-order valence-corrected chi connectivity index (χ4v) is 2.20. The van der Waals surface area contributed by atoms with E-state index in [1.165, 1.54) is 0 Å². The molecular weight excluding hydrogens is 232 g/mol. The maximum Gasteiger partial charge on any atom is 0.233 e. The Morgan fingerprint density at radius 1 is 1.60 bits per heavy atom. The van der Waals surface area contributed by atoms with E-state index in [0.29, 0.717) is 17.3 Å². The van der Waals surface area contributed by atoms with E-state index in [1.54, 1.807) is 6.26 Å². The molecule has 1 unspecified atom stereocenters. The van der Waals surface area contributed by atoms with Crippen molar-refractivity contribution < 1.29 is 9.00 Å².